The van der Waals surface area contributed by atoms with E-state index in [4.69, 9.17) is 0 Å². The van der Waals surface area contributed by atoms with Crippen molar-refractivity contribution >= 4 is 5.69 Å². The van der Waals surface area contributed by atoms with Gasteiger partial charge in [-0.25, -0.2) is 0 Å². The summed E-state index contributed by atoms with van der Waals surface area (Å²) in [6.45, 7) is 3.52. The third-order valence-corrected chi connectivity index (χ3v) is 3.74. The number of anilines is 1. The van der Waals surface area contributed by atoms with Crippen LogP contribution in [0.5, 0.6) is 0 Å². The molecule has 1 aromatic rings. The Balaban J connectivity index is 1.48. The summed E-state index contributed by atoms with van der Waals surface area (Å²) in [7, 11) is 0. The van der Waals surface area contributed by atoms with Crippen LogP contribution in [0.15, 0.2) is 24.3 Å². The molecule has 0 saturated heterocycles. The van der Waals surface area contributed by atoms with Gasteiger partial charge in [-0.1, -0.05) is 18.2 Å². The average molecular weight is 216 g/mol. The van der Waals surface area contributed by atoms with E-state index in [0.29, 0.717) is 5.92 Å². The number of hydrogen-bond donors (Lipinski definition) is 2. The van der Waals surface area contributed by atoms with E-state index in [0.717, 1.165) is 19.0 Å². The number of fused-ring (bicyclic) bond motifs is 1. The quantitative estimate of drug-likeness (QED) is 0.739. The largest absolute Gasteiger partial charge is 0.384 e. The van der Waals surface area contributed by atoms with Crippen molar-refractivity contribution in [1.29, 1.82) is 0 Å². The van der Waals surface area contributed by atoms with Crippen molar-refractivity contribution in [2.45, 2.75) is 25.2 Å². The molecule has 1 saturated carbocycles. The lowest BCUT2D eigenvalue weighted by Gasteiger charge is -2.10. The van der Waals surface area contributed by atoms with Gasteiger partial charge in [0.25, 0.3) is 0 Å². The van der Waals surface area contributed by atoms with Gasteiger partial charge in [0, 0.05) is 18.2 Å². The normalized spacial score (nSPS) is 22.9. The lowest BCUT2D eigenvalue weighted by Crippen LogP contribution is -2.20. The Bertz CT molecular complexity index is 358. The van der Waals surface area contributed by atoms with Gasteiger partial charge in [-0.2, -0.15) is 0 Å². The molecule has 2 N–H and O–H groups in total. The molecule has 0 aromatic heterocycles. The van der Waals surface area contributed by atoms with Gasteiger partial charge in [0.2, 0.25) is 0 Å². The molecule has 1 aliphatic carbocycles. The minimum absolute atomic E-state index is 0.711. The van der Waals surface area contributed by atoms with E-state index >= 15 is 0 Å². The minimum atomic E-state index is 0.711. The van der Waals surface area contributed by atoms with Crippen molar-refractivity contribution in [1.82, 2.24) is 5.32 Å². The second-order valence-corrected chi connectivity index (χ2v) is 5.10. The van der Waals surface area contributed by atoms with E-state index in [9.17, 15) is 0 Å². The van der Waals surface area contributed by atoms with Gasteiger partial charge < -0.3 is 10.6 Å². The van der Waals surface area contributed by atoms with Crippen LogP contribution in [0.2, 0.25) is 0 Å². The highest BCUT2D eigenvalue weighted by molar-refractivity contribution is 5.57. The van der Waals surface area contributed by atoms with Gasteiger partial charge in [-0.15, -0.1) is 0 Å². The zero-order valence-electron chi connectivity index (χ0n) is 9.71. The van der Waals surface area contributed by atoms with Crippen LogP contribution in [0.1, 0.15) is 30.7 Å². The van der Waals surface area contributed by atoms with E-state index in [-0.39, 0.29) is 0 Å². The Morgan fingerprint density at radius 2 is 2.12 bits per heavy atom. The topological polar surface area (TPSA) is 24.1 Å². The Kier molecular flexibility index (Phi) is 2.83. The molecule has 0 bridgehead atoms. The molecule has 2 aliphatic rings. The Hall–Kier alpha value is -1.02. The van der Waals surface area contributed by atoms with Crippen LogP contribution in [-0.4, -0.2) is 19.6 Å². The van der Waals surface area contributed by atoms with E-state index in [1.54, 1.807) is 0 Å². The van der Waals surface area contributed by atoms with Crippen molar-refractivity contribution in [2.24, 2.45) is 5.92 Å². The zero-order chi connectivity index (χ0) is 10.8. The Morgan fingerprint density at radius 3 is 3.00 bits per heavy atom. The SMILES string of the molecule is c1ccc2c(c1)NCC2CCNCC1CC1. The van der Waals surface area contributed by atoms with Crippen LogP contribution in [0.25, 0.3) is 0 Å². The second-order valence-electron chi connectivity index (χ2n) is 5.10. The summed E-state index contributed by atoms with van der Waals surface area (Å²) in [4.78, 5) is 0. The summed E-state index contributed by atoms with van der Waals surface area (Å²) >= 11 is 0. The lowest BCUT2D eigenvalue weighted by molar-refractivity contribution is 0.573. The Morgan fingerprint density at radius 1 is 1.25 bits per heavy atom. The van der Waals surface area contributed by atoms with E-state index in [1.165, 1.54) is 37.1 Å². The standard InChI is InChI=1S/C14H20N2/c1-2-4-14-13(3-1)12(10-16-14)7-8-15-9-11-5-6-11/h1-4,11-12,15-16H,5-10H2. The molecule has 2 heteroatoms. The van der Waals surface area contributed by atoms with Crippen LogP contribution in [0, 0.1) is 5.92 Å². The molecule has 1 aromatic carbocycles. The first-order valence-electron chi connectivity index (χ1n) is 6.47. The second kappa shape index (κ2) is 4.46. The molecular weight excluding hydrogens is 196 g/mol. The van der Waals surface area contributed by atoms with Gasteiger partial charge >= 0.3 is 0 Å². The van der Waals surface area contributed by atoms with E-state index in [1.807, 2.05) is 0 Å². The number of rotatable bonds is 5. The first-order valence-corrected chi connectivity index (χ1v) is 6.47. The maximum Gasteiger partial charge on any atom is 0.0376 e. The highest BCUT2D eigenvalue weighted by Crippen LogP contribution is 2.33. The molecule has 0 radical (unpaired) electrons. The molecule has 16 heavy (non-hydrogen) atoms. The van der Waals surface area contributed by atoms with E-state index in [2.05, 4.69) is 34.9 Å². The smallest absolute Gasteiger partial charge is 0.0376 e. The monoisotopic (exact) mass is 216 g/mol. The van der Waals surface area contributed by atoms with Gasteiger partial charge in [-0.3, -0.25) is 0 Å². The van der Waals surface area contributed by atoms with Crippen molar-refractivity contribution in [2.75, 3.05) is 25.0 Å². The molecular formula is C14H20N2. The molecule has 1 heterocycles. The van der Waals surface area contributed by atoms with Gasteiger partial charge in [0.05, 0.1) is 0 Å². The highest BCUT2D eigenvalue weighted by Gasteiger charge is 2.22. The fraction of sp³-hybridized carbons (Fsp3) is 0.571. The highest BCUT2D eigenvalue weighted by atomic mass is 14.9. The molecule has 1 atom stereocenters. The predicted molar refractivity (Wildman–Crippen MR) is 67.9 cm³/mol. The first-order chi connectivity index (χ1) is 7.93. The molecule has 0 amide bonds. The van der Waals surface area contributed by atoms with Crippen molar-refractivity contribution in [3.8, 4) is 0 Å². The zero-order valence-corrected chi connectivity index (χ0v) is 9.71. The third kappa shape index (κ3) is 2.22. The number of nitrogens with one attached hydrogen (secondary N) is 2. The van der Waals surface area contributed by atoms with Crippen LogP contribution in [0.3, 0.4) is 0 Å². The van der Waals surface area contributed by atoms with Gasteiger partial charge in [0.15, 0.2) is 0 Å². The summed E-state index contributed by atoms with van der Waals surface area (Å²) in [5, 5.41) is 7.06. The fourth-order valence-electron chi connectivity index (χ4n) is 2.52. The number of para-hydroxylation sites is 1. The van der Waals surface area contributed by atoms with E-state index < -0.39 is 0 Å². The van der Waals surface area contributed by atoms with Crippen molar-refractivity contribution < 1.29 is 0 Å². The molecule has 3 rings (SSSR count). The van der Waals surface area contributed by atoms with Crippen LogP contribution < -0.4 is 10.6 Å². The molecule has 0 spiro atoms. The van der Waals surface area contributed by atoms with Gasteiger partial charge in [0.1, 0.15) is 0 Å². The summed E-state index contributed by atoms with van der Waals surface area (Å²) < 4.78 is 0. The molecule has 1 fully saturated rings. The van der Waals surface area contributed by atoms with Crippen LogP contribution >= 0.6 is 0 Å². The predicted octanol–water partition coefficient (Wildman–Crippen LogP) is 2.59. The maximum absolute atomic E-state index is 3.58. The minimum Gasteiger partial charge on any atom is -0.384 e. The molecule has 2 nitrogen and oxygen atoms in total. The summed E-state index contributed by atoms with van der Waals surface area (Å²) in [5.74, 6) is 1.71. The molecule has 1 aliphatic heterocycles. The Labute approximate surface area is 97.4 Å². The summed E-state index contributed by atoms with van der Waals surface area (Å²) in [6, 6.07) is 8.71. The fourth-order valence-corrected chi connectivity index (χ4v) is 2.52. The van der Waals surface area contributed by atoms with Crippen molar-refractivity contribution in [3.63, 3.8) is 0 Å². The third-order valence-electron chi connectivity index (χ3n) is 3.74. The summed E-state index contributed by atoms with van der Waals surface area (Å²) in [5.41, 5.74) is 2.85. The first kappa shape index (κ1) is 10.2. The summed E-state index contributed by atoms with van der Waals surface area (Å²) in [6.07, 6.45) is 4.15. The maximum atomic E-state index is 3.58. The number of benzene rings is 1. The molecule has 86 valence electrons. The van der Waals surface area contributed by atoms with Crippen LogP contribution in [-0.2, 0) is 0 Å². The average Bonchev–Trinajstić information content (AvgIpc) is 3.05. The van der Waals surface area contributed by atoms with Crippen LogP contribution in [0.4, 0.5) is 5.69 Å². The number of hydrogen-bond acceptors (Lipinski definition) is 2. The van der Waals surface area contributed by atoms with Gasteiger partial charge in [-0.05, 0) is 49.9 Å². The molecule has 1 unspecified atom stereocenters. The van der Waals surface area contributed by atoms with Crippen molar-refractivity contribution in [3.05, 3.63) is 29.8 Å². The lowest BCUT2D eigenvalue weighted by atomic mass is 9.98.